The van der Waals surface area contributed by atoms with Crippen LogP contribution in [0.5, 0.6) is 0 Å². The van der Waals surface area contributed by atoms with Crippen LogP contribution in [0.2, 0.25) is 0 Å². The Balaban J connectivity index is 1.49. The van der Waals surface area contributed by atoms with E-state index in [0.717, 1.165) is 36.4 Å². The normalized spacial score (nSPS) is 43.3. The quantitative estimate of drug-likeness (QED) is 0.803. The second-order valence-corrected chi connectivity index (χ2v) is 8.91. The van der Waals surface area contributed by atoms with Gasteiger partial charge >= 0.3 is 0 Å². The van der Waals surface area contributed by atoms with Crippen LogP contribution in [0.1, 0.15) is 64.7 Å². The van der Waals surface area contributed by atoms with Gasteiger partial charge in [-0.3, -0.25) is 0 Å². The lowest BCUT2D eigenvalue weighted by atomic mass is 9.47. The number of hydrogen-bond donors (Lipinski definition) is 1. The highest BCUT2D eigenvalue weighted by Gasteiger charge is 2.54. The molecule has 0 aromatic heterocycles. The molecule has 5 rings (SSSR count). The van der Waals surface area contributed by atoms with Crippen molar-refractivity contribution in [2.24, 2.45) is 23.2 Å². The summed E-state index contributed by atoms with van der Waals surface area (Å²) in [5, 5.41) is 3.93. The molecule has 0 heterocycles. The lowest BCUT2D eigenvalue weighted by Gasteiger charge is -2.60. The zero-order chi connectivity index (χ0) is 14.4. The molecule has 0 aromatic rings. The molecule has 0 radical (unpaired) electrons. The van der Waals surface area contributed by atoms with Crippen LogP contribution in [0.25, 0.3) is 0 Å². The Hall–Kier alpha value is -0.0800. The predicted octanol–water partition coefficient (Wildman–Crippen LogP) is 3.67. The summed E-state index contributed by atoms with van der Waals surface area (Å²) < 4.78 is 0. The maximum absolute atomic E-state index is 3.93. The molecule has 5 aliphatic rings. The van der Waals surface area contributed by atoms with Crippen molar-refractivity contribution < 1.29 is 0 Å². The van der Waals surface area contributed by atoms with Gasteiger partial charge in [0.15, 0.2) is 0 Å². The summed E-state index contributed by atoms with van der Waals surface area (Å²) in [6.07, 6.45) is 13.6. The van der Waals surface area contributed by atoms with Gasteiger partial charge in [0.25, 0.3) is 0 Å². The highest BCUT2D eigenvalue weighted by Crippen LogP contribution is 2.61. The van der Waals surface area contributed by atoms with Crippen LogP contribution in [0.3, 0.4) is 0 Å². The lowest BCUT2D eigenvalue weighted by molar-refractivity contribution is -0.0803. The average molecular weight is 290 g/mol. The zero-order valence-electron chi connectivity index (χ0n) is 14.1. The molecule has 0 aromatic carbocycles. The summed E-state index contributed by atoms with van der Waals surface area (Å²) in [6.45, 7) is 4.74. The summed E-state index contributed by atoms with van der Waals surface area (Å²) in [5.74, 6) is 3.23. The fourth-order valence-electron chi connectivity index (χ4n) is 6.59. The fourth-order valence-corrected chi connectivity index (χ4v) is 6.59. The van der Waals surface area contributed by atoms with E-state index in [1.54, 1.807) is 19.3 Å². The molecule has 120 valence electrons. The van der Waals surface area contributed by atoms with Crippen molar-refractivity contribution in [3.8, 4) is 0 Å². The largest absolute Gasteiger partial charge is 0.312 e. The van der Waals surface area contributed by atoms with Crippen LogP contribution in [0.15, 0.2) is 0 Å². The summed E-state index contributed by atoms with van der Waals surface area (Å²) in [6, 6.07) is 1.64. The Morgan fingerprint density at radius 1 is 1.05 bits per heavy atom. The Kier molecular flexibility index (Phi) is 3.82. The molecule has 5 fully saturated rings. The first-order chi connectivity index (χ1) is 10.2. The zero-order valence-corrected chi connectivity index (χ0v) is 14.1. The van der Waals surface area contributed by atoms with Gasteiger partial charge in [-0.2, -0.15) is 0 Å². The topological polar surface area (TPSA) is 15.3 Å². The van der Waals surface area contributed by atoms with Crippen molar-refractivity contribution in [2.75, 3.05) is 20.1 Å². The van der Waals surface area contributed by atoms with E-state index < -0.39 is 0 Å². The van der Waals surface area contributed by atoms with Gasteiger partial charge in [0, 0.05) is 18.6 Å². The first kappa shape index (κ1) is 14.5. The molecule has 1 atom stereocenters. The molecule has 0 amide bonds. The third-order valence-electron chi connectivity index (χ3n) is 7.44. The third-order valence-corrected chi connectivity index (χ3v) is 7.44. The number of likely N-dealkylation sites (N-methyl/N-ethyl adjacent to an activating group) is 2. The van der Waals surface area contributed by atoms with E-state index in [2.05, 4.69) is 24.2 Å². The van der Waals surface area contributed by atoms with Gasteiger partial charge in [0.1, 0.15) is 0 Å². The van der Waals surface area contributed by atoms with E-state index in [0.29, 0.717) is 5.41 Å². The molecular weight excluding hydrogens is 256 g/mol. The summed E-state index contributed by atoms with van der Waals surface area (Å²) in [7, 11) is 2.38. The molecule has 1 N–H and O–H groups in total. The minimum Gasteiger partial charge on any atom is -0.312 e. The Morgan fingerprint density at radius 3 is 2.05 bits per heavy atom. The minimum atomic E-state index is 0.656. The monoisotopic (exact) mass is 290 g/mol. The summed E-state index contributed by atoms with van der Waals surface area (Å²) in [4.78, 5) is 2.69. The molecule has 21 heavy (non-hydrogen) atoms. The van der Waals surface area contributed by atoms with Crippen molar-refractivity contribution in [3.05, 3.63) is 0 Å². The van der Waals surface area contributed by atoms with Crippen molar-refractivity contribution in [1.82, 2.24) is 10.2 Å². The van der Waals surface area contributed by atoms with E-state index in [1.165, 1.54) is 45.1 Å². The molecule has 4 bridgehead atoms. The number of rotatable bonds is 6. The van der Waals surface area contributed by atoms with E-state index in [-0.39, 0.29) is 0 Å². The van der Waals surface area contributed by atoms with Crippen molar-refractivity contribution in [1.29, 1.82) is 0 Å². The summed E-state index contributed by atoms with van der Waals surface area (Å²) >= 11 is 0. The van der Waals surface area contributed by atoms with Crippen molar-refractivity contribution >= 4 is 0 Å². The maximum atomic E-state index is 3.93. The van der Waals surface area contributed by atoms with E-state index >= 15 is 0 Å². The van der Waals surface area contributed by atoms with E-state index in [1.807, 2.05) is 0 Å². The SMILES string of the molecule is CCNC(CN(C)C1CCC1)C12CC3CC(CC(C3)C1)C2. The van der Waals surface area contributed by atoms with Crippen molar-refractivity contribution in [2.45, 2.75) is 76.8 Å². The van der Waals surface area contributed by atoms with Gasteiger partial charge in [-0.05, 0) is 88.1 Å². The van der Waals surface area contributed by atoms with E-state index in [4.69, 9.17) is 0 Å². The van der Waals surface area contributed by atoms with Crippen LogP contribution in [0, 0.1) is 23.2 Å². The van der Waals surface area contributed by atoms with Crippen LogP contribution in [-0.2, 0) is 0 Å². The van der Waals surface area contributed by atoms with Gasteiger partial charge in [-0.15, -0.1) is 0 Å². The average Bonchev–Trinajstić information content (AvgIpc) is 2.34. The van der Waals surface area contributed by atoms with Gasteiger partial charge < -0.3 is 10.2 Å². The number of nitrogens with zero attached hydrogens (tertiary/aromatic N) is 1. The van der Waals surface area contributed by atoms with Gasteiger partial charge in [0.2, 0.25) is 0 Å². The molecule has 0 saturated heterocycles. The molecule has 5 saturated carbocycles. The second kappa shape index (κ2) is 5.53. The van der Waals surface area contributed by atoms with Crippen LogP contribution in [-0.4, -0.2) is 37.1 Å². The molecule has 1 unspecified atom stereocenters. The minimum absolute atomic E-state index is 0.656. The molecule has 5 aliphatic carbocycles. The number of nitrogens with one attached hydrogen (secondary N) is 1. The molecule has 2 nitrogen and oxygen atoms in total. The maximum Gasteiger partial charge on any atom is 0.0251 e. The van der Waals surface area contributed by atoms with Gasteiger partial charge in [0.05, 0.1) is 0 Å². The highest BCUT2D eigenvalue weighted by molar-refractivity contribution is 5.07. The van der Waals surface area contributed by atoms with E-state index in [9.17, 15) is 0 Å². The third kappa shape index (κ3) is 2.57. The predicted molar refractivity (Wildman–Crippen MR) is 88.3 cm³/mol. The van der Waals surface area contributed by atoms with Crippen LogP contribution < -0.4 is 5.32 Å². The van der Waals surface area contributed by atoms with Crippen LogP contribution >= 0.6 is 0 Å². The first-order valence-corrected chi connectivity index (χ1v) is 9.62. The smallest absolute Gasteiger partial charge is 0.0251 e. The van der Waals surface area contributed by atoms with Gasteiger partial charge in [-0.1, -0.05) is 13.3 Å². The number of hydrogen-bond acceptors (Lipinski definition) is 2. The Bertz CT molecular complexity index is 338. The van der Waals surface area contributed by atoms with Crippen LogP contribution in [0.4, 0.5) is 0 Å². The lowest BCUT2D eigenvalue weighted by Crippen LogP contribution is -2.60. The fraction of sp³-hybridized carbons (Fsp3) is 1.00. The van der Waals surface area contributed by atoms with Gasteiger partial charge in [-0.25, -0.2) is 0 Å². The molecular formula is C19H34N2. The summed E-state index contributed by atoms with van der Waals surface area (Å²) in [5.41, 5.74) is 0.656. The second-order valence-electron chi connectivity index (χ2n) is 8.91. The molecule has 2 heteroatoms. The Morgan fingerprint density at radius 2 is 1.62 bits per heavy atom. The molecule has 0 aliphatic heterocycles. The first-order valence-electron chi connectivity index (χ1n) is 9.62. The molecule has 0 spiro atoms. The highest BCUT2D eigenvalue weighted by atomic mass is 15.2. The van der Waals surface area contributed by atoms with Crippen molar-refractivity contribution in [3.63, 3.8) is 0 Å². The standard InChI is InChI=1S/C19H34N2/c1-3-20-18(13-21(2)17-5-4-6-17)19-10-14-7-15(11-19)9-16(8-14)12-19/h14-18,20H,3-13H2,1-2H3. The Labute approximate surface area is 131 Å².